The van der Waals surface area contributed by atoms with E-state index in [4.69, 9.17) is 0 Å². The van der Waals surface area contributed by atoms with Crippen molar-refractivity contribution >= 4 is 26.0 Å². The molecule has 0 radical (unpaired) electrons. The summed E-state index contributed by atoms with van der Waals surface area (Å²) in [6.07, 6.45) is 5.10. The zero-order valence-electron chi connectivity index (χ0n) is 17.2. The first-order valence-corrected chi connectivity index (χ1v) is 13.5. The Labute approximate surface area is 170 Å². The van der Waals surface area contributed by atoms with Crippen molar-refractivity contribution < 1.29 is 16.8 Å². The maximum atomic E-state index is 12.2. The summed E-state index contributed by atoms with van der Waals surface area (Å²) >= 11 is 0. The number of piperidine rings is 2. The third kappa shape index (κ3) is 6.85. The summed E-state index contributed by atoms with van der Waals surface area (Å²) in [6, 6.07) is 0.200. The highest BCUT2D eigenvalue weighted by molar-refractivity contribution is 7.89. The van der Waals surface area contributed by atoms with E-state index < -0.39 is 20.0 Å². The van der Waals surface area contributed by atoms with Gasteiger partial charge in [0.05, 0.1) is 12.0 Å². The van der Waals surface area contributed by atoms with Crippen LogP contribution in [-0.4, -0.2) is 89.2 Å². The number of aliphatic imine (C=N–C) groups is 1. The Bertz CT molecular complexity index is 723. The van der Waals surface area contributed by atoms with E-state index in [-0.39, 0.29) is 11.8 Å². The monoisotopic (exact) mass is 437 g/mol. The van der Waals surface area contributed by atoms with Crippen molar-refractivity contribution in [1.82, 2.24) is 19.2 Å². The minimum atomic E-state index is -3.12. The van der Waals surface area contributed by atoms with Crippen molar-refractivity contribution in [2.45, 2.75) is 45.1 Å². The Morgan fingerprint density at radius 1 is 1.00 bits per heavy atom. The van der Waals surface area contributed by atoms with Crippen LogP contribution in [0.15, 0.2) is 4.99 Å². The summed E-state index contributed by atoms with van der Waals surface area (Å²) in [5.41, 5.74) is 0. The van der Waals surface area contributed by atoms with Crippen LogP contribution in [0.3, 0.4) is 0 Å². The Balaban J connectivity index is 1.73. The largest absolute Gasteiger partial charge is 0.356 e. The average molecular weight is 438 g/mol. The van der Waals surface area contributed by atoms with Crippen molar-refractivity contribution in [3.8, 4) is 0 Å². The molecule has 0 aromatic rings. The van der Waals surface area contributed by atoms with Gasteiger partial charge in [0.15, 0.2) is 5.96 Å². The van der Waals surface area contributed by atoms with Gasteiger partial charge < -0.3 is 10.6 Å². The van der Waals surface area contributed by atoms with Crippen LogP contribution in [0.4, 0.5) is 0 Å². The predicted octanol–water partition coefficient (Wildman–Crippen LogP) is 0.0272. The van der Waals surface area contributed by atoms with Gasteiger partial charge in [-0.15, -0.1) is 0 Å². The van der Waals surface area contributed by atoms with E-state index in [0.717, 1.165) is 38.2 Å². The van der Waals surface area contributed by atoms with Gasteiger partial charge in [0.1, 0.15) is 0 Å². The lowest BCUT2D eigenvalue weighted by Gasteiger charge is -2.33. The molecule has 0 aromatic carbocycles. The molecule has 11 heteroatoms. The first kappa shape index (κ1) is 23.4. The highest BCUT2D eigenvalue weighted by atomic mass is 32.2. The van der Waals surface area contributed by atoms with Crippen LogP contribution in [0.2, 0.25) is 0 Å². The van der Waals surface area contributed by atoms with Gasteiger partial charge in [-0.2, -0.15) is 0 Å². The minimum absolute atomic E-state index is 0.200. The standard InChI is InChI=1S/C17H35N5O4S2/c1-4-13-28(25,26)22-11-7-16(8-12-22)20-17(18-2)19-14-15-5-9-21(10-6-15)27(3,23)24/h15-16H,4-14H2,1-3H3,(H2,18,19,20). The van der Waals surface area contributed by atoms with Crippen molar-refractivity contribution in [2.24, 2.45) is 10.9 Å². The number of sulfonamides is 2. The quantitative estimate of drug-likeness (QED) is 0.429. The second-order valence-corrected chi connectivity index (χ2v) is 11.8. The third-order valence-electron chi connectivity index (χ3n) is 5.47. The maximum absolute atomic E-state index is 12.2. The Hall–Kier alpha value is -0.910. The molecule has 2 heterocycles. The molecule has 0 atom stereocenters. The summed E-state index contributed by atoms with van der Waals surface area (Å²) in [5.74, 6) is 1.35. The Morgan fingerprint density at radius 2 is 1.57 bits per heavy atom. The lowest BCUT2D eigenvalue weighted by atomic mass is 9.98. The third-order valence-corrected chi connectivity index (χ3v) is 8.85. The average Bonchev–Trinajstić information content (AvgIpc) is 2.65. The van der Waals surface area contributed by atoms with Gasteiger partial charge in [0.25, 0.3) is 0 Å². The molecule has 0 spiro atoms. The van der Waals surface area contributed by atoms with Gasteiger partial charge >= 0.3 is 0 Å². The van der Waals surface area contributed by atoms with Crippen LogP contribution in [0.5, 0.6) is 0 Å². The topological polar surface area (TPSA) is 111 Å². The highest BCUT2D eigenvalue weighted by Gasteiger charge is 2.28. The van der Waals surface area contributed by atoms with Crippen LogP contribution in [0.25, 0.3) is 0 Å². The van der Waals surface area contributed by atoms with Gasteiger partial charge in [0, 0.05) is 45.8 Å². The van der Waals surface area contributed by atoms with Gasteiger partial charge in [-0.05, 0) is 38.0 Å². The molecule has 0 aromatic heterocycles. The smallest absolute Gasteiger partial charge is 0.214 e. The molecule has 0 aliphatic carbocycles. The highest BCUT2D eigenvalue weighted by Crippen LogP contribution is 2.18. The molecule has 0 amide bonds. The zero-order chi connectivity index (χ0) is 20.8. The van der Waals surface area contributed by atoms with Crippen LogP contribution in [0.1, 0.15) is 39.0 Å². The van der Waals surface area contributed by atoms with E-state index in [2.05, 4.69) is 15.6 Å². The molecule has 9 nitrogen and oxygen atoms in total. The van der Waals surface area contributed by atoms with Crippen LogP contribution in [-0.2, 0) is 20.0 Å². The number of guanidine groups is 1. The van der Waals surface area contributed by atoms with E-state index in [1.165, 1.54) is 10.6 Å². The molecule has 2 aliphatic rings. The molecule has 2 rings (SSSR count). The first-order valence-electron chi connectivity index (χ1n) is 10.1. The molecule has 0 saturated carbocycles. The van der Waals surface area contributed by atoms with E-state index >= 15 is 0 Å². The molecule has 2 N–H and O–H groups in total. The number of hydrogen-bond acceptors (Lipinski definition) is 5. The first-order chi connectivity index (χ1) is 13.2. The molecule has 164 valence electrons. The number of nitrogens with zero attached hydrogens (tertiary/aromatic N) is 3. The van der Waals surface area contributed by atoms with E-state index in [1.807, 2.05) is 6.92 Å². The second-order valence-electron chi connectivity index (χ2n) is 7.69. The molecule has 2 fully saturated rings. The van der Waals surface area contributed by atoms with Gasteiger partial charge in [-0.25, -0.2) is 25.4 Å². The summed E-state index contributed by atoms with van der Waals surface area (Å²) in [6.45, 7) is 4.86. The second kappa shape index (κ2) is 10.2. The number of hydrogen-bond donors (Lipinski definition) is 2. The van der Waals surface area contributed by atoms with Crippen LogP contribution < -0.4 is 10.6 Å². The molecule has 28 heavy (non-hydrogen) atoms. The molecular formula is C17H35N5O4S2. The van der Waals surface area contributed by atoms with E-state index in [9.17, 15) is 16.8 Å². The van der Waals surface area contributed by atoms with Gasteiger partial charge in [-0.1, -0.05) is 6.92 Å². The summed E-state index contributed by atoms with van der Waals surface area (Å²) in [4.78, 5) is 4.27. The van der Waals surface area contributed by atoms with Crippen LogP contribution in [0, 0.1) is 5.92 Å². The Kier molecular flexibility index (Phi) is 8.53. The molecule has 2 aliphatic heterocycles. The van der Waals surface area contributed by atoms with Crippen LogP contribution >= 0.6 is 0 Å². The lowest BCUT2D eigenvalue weighted by molar-refractivity contribution is 0.273. The van der Waals surface area contributed by atoms with E-state index in [1.54, 1.807) is 11.4 Å². The predicted molar refractivity (Wildman–Crippen MR) is 112 cm³/mol. The van der Waals surface area contributed by atoms with Crippen molar-refractivity contribution in [1.29, 1.82) is 0 Å². The lowest BCUT2D eigenvalue weighted by Crippen LogP contribution is -2.51. The fourth-order valence-corrected chi connectivity index (χ4v) is 6.15. The van der Waals surface area contributed by atoms with E-state index in [0.29, 0.717) is 38.5 Å². The summed E-state index contributed by atoms with van der Waals surface area (Å²) in [5, 5.41) is 6.73. The minimum Gasteiger partial charge on any atom is -0.356 e. The Morgan fingerprint density at radius 3 is 2.07 bits per heavy atom. The summed E-state index contributed by atoms with van der Waals surface area (Å²) < 4.78 is 50.6. The van der Waals surface area contributed by atoms with Gasteiger partial charge in [0.2, 0.25) is 20.0 Å². The SMILES string of the molecule is CCCS(=O)(=O)N1CCC(NC(=NC)NCC2CCN(S(C)(=O)=O)CC2)CC1. The maximum Gasteiger partial charge on any atom is 0.214 e. The molecular weight excluding hydrogens is 402 g/mol. The zero-order valence-corrected chi connectivity index (χ0v) is 18.9. The normalized spacial score (nSPS) is 22.3. The van der Waals surface area contributed by atoms with Crippen molar-refractivity contribution in [2.75, 3.05) is 51.8 Å². The molecule has 2 saturated heterocycles. The fraction of sp³-hybridized carbons (Fsp3) is 0.941. The van der Waals surface area contributed by atoms with Gasteiger partial charge in [-0.3, -0.25) is 4.99 Å². The summed E-state index contributed by atoms with van der Waals surface area (Å²) in [7, 11) is -4.49. The molecule has 0 unspecified atom stereocenters. The molecule has 0 bridgehead atoms. The van der Waals surface area contributed by atoms with Crippen molar-refractivity contribution in [3.05, 3.63) is 0 Å². The van der Waals surface area contributed by atoms with Crippen molar-refractivity contribution in [3.63, 3.8) is 0 Å². The number of nitrogens with one attached hydrogen (secondary N) is 2. The number of rotatable bonds is 7. The fourth-order valence-electron chi connectivity index (χ4n) is 3.74.